The van der Waals surface area contributed by atoms with Crippen LogP contribution in [0.5, 0.6) is 0 Å². The fourth-order valence-corrected chi connectivity index (χ4v) is 3.92. The smallest absolute Gasteiger partial charge is 0.206 e. The molecule has 4 heteroatoms. The second-order valence-electron chi connectivity index (χ2n) is 7.27. The van der Waals surface area contributed by atoms with Crippen LogP contribution in [0.3, 0.4) is 0 Å². The predicted molar refractivity (Wildman–Crippen MR) is 108 cm³/mol. The van der Waals surface area contributed by atoms with Crippen LogP contribution in [0.15, 0.2) is 71.5 Å². The standard InChI is InChI=1S/C23H19N3O/c1-23(2)18-10-6-7-11-19(18)26(3)21(23)14-25-22-17-9-5-4-8-16(17)15(13-24)12-20(22)27/h4-12,14H,1-3H3/b21-14+,25-22?. The van der Waals surface area contributed by atoms with Crippen LogP contribution in [0.2, 0.25) is 0 Å². The van der Waals surface area contributed by atoms with Crippen molar-refractivity contribution in [3.05, 3.63) is 83.2 Å². The van der Waals surface area contributed by atoms with Gasteiger partial charge in [0.15, 0.2) is 0 Å². The SMILES string of the molecule is CN1/C(=C/N=C2C(=O)C=C(C#N)c3ccccc32)C(C)(C)c2ccccc21. The summed E-state index contributed by atoms with van der Waals surface area (Å²) in [6.07, 6.45) is 3.16. The van der Waals surface area contributed by atoms with Crippen molar-refractivity contribution in [3.8, 4) is 6.07 Å². The number of anilines is 1. The Kier molecular flexibility index (Phi) is 3.82. The highest BCUT2D eigenvalue weighted by Gasteiger charge is 2.38. The van der Waals surface area contributed by atoms with E-state index in [1.165, 1.54) is 11.6 Å². The van der Waals surface area contributed by atoms with Gasteiger partial charge in [-0.15, -0.1) is 0 Å². The predicted octanol–water partition coefficient (Wildman–Crippen LogP) is 4.23. The third kappa shape index (κ3) is 2.51. The lowest BCUT2D eigenvalue weighted by Crippen LogP contribution is -2.23. The molecular formula is C23H19N3O. The zero-order chi connectivity index (χ0) is 19.2. The summed E-state index contributed by atoms with van der Waals surface area (Å²) in [6.45, 7) is 4.32. The molecule has 0 N–H and O–H groups in total. The summed E-state index contributed by atoms with van der Waals surface area (Å²) < 4.78 is 0. The van der Waals surface area contributed by atoms with E-state index in [4.69, 9.17) is 0 Å². The Bertz CT molecular complexity index is 1100. The van der Waals surface area contributed by atoms with Crippen molar-refractivity contribution in [3.63, 3.8) is 0 Å². The Morgan fingerprint density at radius 3 is 2.44 bits per heavy atom. The van der Waals surface area contributed by atoms with Crippen LogP contribution in [0.1, 0.15) is 30.5 Å². The van der Waals surface area contributed by atoms with E-state index in [0.29, 0.717) is 16.8 Å². The van der Waals surface area contributed by atoms with Gasteiger partial charge in [-0.1, -0.05) is 56.3 Å². The van der Waals surface area contributed by atoms with E-state index in [1.54, 1.807) is 6.20 Å². The maximum atomic E-state index is 12.6. The third-order valence-corrected chi connectivity index (χ3v) is 5.36. The van der Waals surface area contributed by atoms with Gasteiger partial charge in [0, 0.05) is 47.2 Å². The molecule has 27 heavy (non-hydrogen) atoms. The lowest BCUT2D eigenvalue weighted by atomic mass is 9.84. The summed E-state index contributed by atoms with van der Waals surface area (Å²) in [5.41, 5.74) is 5.41. The Labute approximate surface area is 158 Å². The highest BCUT2D eigenvalue weighted by molar-refractivity contribution is 6.53. The molecule has 0 aromatic heterocycles. The quantitative estimate of drug-likeness (QED) is 0.771. The molecular weight excluding hydrogens is 334 g/mol. The largest absolute Gasteiger partial charge is 0.346 e. The van der Waals surface area contributed by atoms with Gasteiger partial charge in [-0.2, -0.15) is 5.26 Å². The molecule has 1 aliphatic carbocycles. The monoisotopic (exact) mass is 353 g/mol. The minimum absolute atomic E-state index is 0.208. The molecule has 0 amide bonds. The summed E-state index contributed by atoms with van der Waals surface area (Å²) in [5.74, 6) is -0.238. The molecule has 4 rings (SSSR count). The number of benzene rings is 2. The van der Waals surface area contributed by atoms with Crippen molar-refractivity contribution in [2.24, 2.45) is 4.99 Å². The van der Waals surface area contributed by atoms with E-state index in [0.717, 1.165) is 16.9 Å². The van der Waals surface area contributed by atoms with Gasteiger partial charge in [0.25, 0.3) is 0 Å². The normalized spacial score (nSPS) is 20.3. The van der Waals surface area contributed by atoms with Crippen LogP contribution in [-0.4, -0.2) is 18.5 Å². The Morgan fingerprint density at radius 1 is 1.07 bits per heavy atom. The van der Waals surface area contributed by atoms with Crippen LogP contribution in [0, 0.1) is 11.3 Å². The van der Waals surface area contributed by atoms with Crippen molar-refractivity contribution in [1.29, 1.82) is 5.26 Å². The van der Waals surface area contributed by atoms with E-state index in [-0.39, 0.29) is 11.2 Å². The first-order valence-electron chi connectivity index (χ1n) is 8.82. The Hall–Kier alpha value is -3.45. The van der Waals surface area contributed by atoms with Crippen molar-refractivity contribution >= 4 is 22.8 Å². The van der Waals surface area contributed by atoms with Gasteiger partial charge in [-0.05, 0) is 11.6 Å². The van der Waals surface area contributed by atoms with Crippen molar-refractivity contribution in [2.75, 3.05) is 11.9 Å². The molecule has 0 spiro atoms. The van der Waals surface area contributed by atoms with Gasteiger partial charge in [-0.25, -0.2) is 0 Å². The number of nitriles is 1. The van der Waals surface area contributed by atoms with Crippen LogP contribution in [0.25, 0.3) is 5.57 Å². The van der Waals surface area contributed by atoms with E-state index in [1.807, 2.05) is 43.4 Å². The Balaban J connectivity index is 1.83. The minimum atomic E-state index is -0.238. The molecule has 2 aromatic carbocycles. The van der Waals surface area contributed by atoms with E-state index < -0.39 is 0 Å². The first-order valence-corrected chi connectivity index (χ1v) is 8.82. The molecule has 0 unspecified atom stereocenters. The van der Waals surface area contributed by atoms with Crippen LogP contribution >= 0.6 is 0 Å². The van der Waals surface area contributed by atoms with Gasteiger partial charge in [-0.3, -0.25) is 9.79 Å². The molecule has 1 heterocycles. The van der Waals surface area contributed by atoms with Gasteiger partial charge in [0.05, 0.1) is 11.6 Å². The molecule has 0 saturated carbocycles. The molecule has 1 aliphatic heterocycles. The minimum Gasteiger partial charge on any atom is -0.346 e. The molecule has 2 aliphatic rings. The van der Waals surface area contributed by atoms with Gasteiger partial charge >= 0.3 is 0 Å². The maximum Gasteiger partial charge on any atom is 0.206 e. The number of para-hydroxylation sites is 1. The zero-order valence-corrected chi connectivity index (χ0v) is 15.5. The van der Waals surface area contributed by atoms with Gasteiger partial charge in [0.2, 0.25) is 5.78 Å². The summed E-state index contributed by atoms with van der Waals surface area (Å²) >= 11 is 0. The number of rotatable bonds is 1. The highest BCUT2D eigenvalue weighted by Crippen LogP contribution is 2.46. The third-order valence-electron chi connectivity index (χ3n) is 5.36. The number of fused-ring (bicyclic) bond motifs is 2. The molecule has 132 valence electrons. The molecule has 0 fully saturated rings. The number of aliphatic imine (C=N–C) groups is 1. The lowest BCUT2D eigenvalue weighted by molar-refractivity contribution is -0.108. The number of hydrogen-bond acceptors (Lipinski definition) is 4. The fraction of sp³-hybridized carbons (Fsp3) is 0.174. The van der Waals surface area contributed by atoms with Gasteiger partial charge in [0.1, 0.15) is 5.71 Å². The average molecular weight is 353 g/mol. The first kappa shape index (κ1) is 17.0. The molecule has 0 saturated heterocycles. The fourth-order valence-electron chi connectivity index (χ4n) is 3.92. The topological polar surface area (TPSA) is 56.5 Å². The van der Waals surface area contributed by atoms with Crippen LogP contribution < -0.4 is 4.90 Å². The van der Waals surface area contributed by atoms with Crippen LogP contribution in [0.4, 0.5) is 5.69 Å². The van der Waals surface area contributed by atoms with E-state index in [9.17, 15) is 10.1 Å². The van der Waals surface area contributed by atoms with E-state index >= 15 is 0 Å². The average Bonchev–Trinajstić information content (AvgIpc) is 2.87. The molecule has 4 nitrogen and oxygen atoms in total. The van der Waals surface area contributed by atoms with Crippen molar-refractivity contribution in [2.45, 2.75) is 19.3 Å². The van der Waals surface area contributed by atoms with E-state index in [2.05, 4.69) is 41.9 Å². The number of nitrogens with zero attached hydrogens (tertiary/aromatic N) is 3. The Morgan fingerprint density at radius 2 is 1.74 bits per heavy atom. The lowest BCUT2D eigenvalue weighted by Gasteiger charge is -2.23. The number of carbonyl (C=O) groups excluding carboxylic acids is 1. The summed E-state index contributed by atoms with van der Waals surface area (Å²) in [6, 6.07) is 17.8. The first-order chi connectivity index (χ1) is 12.9. The summed E-state index contributed by atoms with van der Waals surface area (Å²) in [7, 11) is 2.02. The molecule has 2 aromatic rings. The number of ketones is 1. The molecule has 0 atom stereocenters. The summed E-state index contributed by atoms with van der Waals surface area (Å²) in [5, 5.41) is 9.32. The summed E-state index contributed by atoms with van der Waals surface area (Å²) in [4.78, 5) is 19.3. The number of likely N-dealkylation sites (N-methyl/N-ethyl adjacent to an activating group) is 1. The number of hydrogen-bond donors (Lipinski definition) is 0. The molecule has 0 bridgehead atoms. The second-order valence-corrected chi connectivity index (χ2v) is 7.27. The molecule has 0 radical (unpaired) electrons. The van der Waals surface area contributed by atoms with Gasteiger partial charge < -0.3 is 4.90 Å². The van der Waals surface area contributed by atoms with Crippen molar-refractivity contribution < 1.29 is 4.79 Å². The number of allylic oxidation sites excluding steroid dienone is 3. The second kappa shape index (κ2) is 6.07. The van der Waals surface area contributed by atoms with Crippen molar-refractivity contribution in [1.82, 2.24) is 0 Å². The number of carbonyl (C=O) groups is 1. The zero-order valence-electron chi connectivity index (χ0n) is 15.5. The maximum absolute atomic E-state index is 12.6. The van der Waals surface area contributed by atoms with Crippen LogP contribution in [-0.2, 0) is 10.2 Å². The highest BCUT2D eigenvalue weighted by atomic mass is 16.1.